The lowest BCUT2D eigenvalue weighted by molar-refractivity contribution is -0.140. The monoisotopic (exact) mass is 566 g/mol. The van der Waals surface area contributed by atoms with E-state index in [0.717, 1.165) is 74.1 Å². The van der Waals surface area contributed by atoms with E-state index in [9.17, 15) is 15.0 Å². The predicted octanol–water partition coefficient (Wildman–Crippen LogP) is 5.99. The Morgan fingerprint density at radius 1 is 1.07 bits per heavy atom. The molecule has 218 valence electrons. The minimum atomic E-state index is -0.718. The Morgan fingerprint density at radius 3 is 2.48 bits per heavy atom. The molecule has 0 spiro atoms. The van der Waals surface area contributed by atoms with Gasteiger partial charge >= 0.3 is 5.97 Å². The molecule has 3 atom stereocenters. The van der Waals surface area contributed by atoms with E-state index in [0.29, 0.717) is 36.4 Å². The van der Waals surface area contributed by atoms with Crippen LogP contribution in [0.2, 0.25) is 0 Å². The van der Waals surface area contributed by atoms with Crippen molar-refractivity contribution in [2.45, 2.75) is 73.3 Å². The van der Waals surface area contributed by atoms with E-state index in [2.05, 4.69) is 32.2 Å². The Kier molecular flexibility index (Phi) is 6.92. The molecule has 0 radical (unpaired) electrons. The normalized spacial score (nSPS) is 25.5. The number of esters is 1. The SMILES string of the molecule is CCC1=C(C)C2=NC1=CC1=NC(=CC3=C(C)C4=C(O)CC(=C5NC(=C2)[C@@H](C)[C@@H]5CCC(=O)OC)C4=N3)C(C(C)O)=C1C. The van der Waals surface area contributed by atoms with Crippen LogP contribution in [0, 0.1) is 11.8 Å². The molecule has 5 aliphatic heterocycles. The molecule has 1 saturated heterocycles. The summed E-state index contributed by atoms with van der Waals surface area (Å²) in [6, 6.07) is 0. The van der Waals surface area contributed by atoms with Crippen LogP contribution in [0.1, 0.15) is 67.2 Å². The molecule has 8 nitrogen and oxygen atoms in total. The van der Waals surface area contributed by atoms with Gasteiger partial charge in [-0.25, -0.2) is 15.0 Å². The average Bonchev–Trinajstić information content (AvgIpc) is 3.70. The highest BCUT2D eigenvalue weighted by Gasteiger charge is 2.41. The van der Waals surface area contributed by atoms with Gasteiger partial charge in [0.05, 0.1) is 47.4 Å². The second-order valence-corrected chi connectivity index (χ2v) is 11.8. The Labute approximate surface area is 246 Å². The molecule has 1 aliphatic carbocycles. The average molecular weight is 567 g/mol. The molecule has 0 amide bonds. The van der Waals surface area contributed by atoms with Gasteiger partial charge in [-0.3, -0.25) is 4.79 Å². The second kappa shape index (κ2) is 10.3. The number of rotatable bonds is 5. The number of nitrogens with zero attached hydrogens (tertiary/aromatic N) is 3. The van der Waals surface area contributed by atoms with Crippen molar-refractivity contribution in [3.8, 4) is 0 Å². The number of hydrogen-bond donors (Lipinski definition) is 3. The quantitative estimate of drug-likeness (QED) is 0.354. The topological polar surface area (TPSA) is 116 Å². The van der Waals surface area contributed by atoms with Gasteiger partial charge in [0, 0.05) is 52.8 Å². The minimum Gasteiger partial charge on any atom is -0.511 e. The van der Waals surface area contributed by atoms with Crippen LogP contribution < -0.4 is 5.32 Å². The summed E-state index contributed by atoms with van der Waals surface area (Å²) in [5.41, 5.74) is 13.3. The molecule has 0 aromatic heterocycles. The number of carbonyl (C=O) groups is 1. The molecule has 0 saturated carbocycles. The molecule has 1 unspecified atom stereocenters. The zero-order valence-corrected chi connectivity index (χ0v) is 25.3. The highest BCUT2D eigenvalue weighted by molar-refractivity contribution is 6.21. The first kappa shape index (κ1) is 28.1. The maximum absolute atomic E-state index is 12.2. The van der Waals surface area contributed by atoms with E-state index < -0.39 is 6.10 Å². The molecule has 8 bridgehead atoms. The summed E-state index contributed by atoms with van der Waals surface area (Å²) >= 11 is 0. The van der Waals surface area contributed by atoms with Crippen molar-refractivity contribution in [1.29, 1.82) is 0 Å². The summed E-state index contributed by atoms with van der Waals surface area (Å²) in [5, 5.41) is 25.7. The number of hydrogen-bond acceptors (Lipinski definition) is 8. The number of carbonyl (C=O) groups excluding carboxylic acids is 1. The van der Waals surface area contributed by atoms with Gasteiger partial charge in [-0.1, -0.05) is 13.8 Å². The highest BCUT2D eigenvalue weighted by Crippen LogP contribution is 2.46. The van der Waals surface area contributed by atoms with E-state index >= 15 is 0 Å². The lowest BCUT2D eigenvalue weighted by Crippen LogP contribution is -2.16. The third-order valence-corrected chi connectivity index (χ3v) is 9.41. The molecule has 6 aliphatic rings. The number of allylic oxidation sites excluding steroid dienone is 11. The van der Waals surface area contributed by atoms with Gasteiger partial charge in [0.2, 0.25) is 0 Å². The number of fused-ring (bicyclic) bond motifs is 5. The van der Waals surface area contributed by atoms with E-state index in [-0.39, 0.29) is 17.8 Å². The predicted molar refractivity (Wildman–Crippen MR) is 165 cm³/mol. The Balaban J connectivity index is 1.60. The zero-order chi connectivity index (χ0) is 30.0. The van der Waals surface area contributed by atoms with Gasteiger partial charge in [-0.2, -0.15) is 0 Å². The molecule has 8 heteroatoms. The van der Waals surface area contributed by atoms with Crippen molar-refractivity contribution in [1.82, 2.24) is 5.32 Å². The third-order valence-electron chi connectivity index (χ3n) is 9.41. The van der Waals surface area contributed by atoms with Crippen LogP contribution >= 0.6 is 0 Å². The van der Waals surface area contributed by atoms with Crippen molar-refractivity contribution in [2.24, 2.45) is 26.8 Å². The number of aliphatic hydroxyl groups is 2. The first-order chi connectivity index (χ1) is 20.0. The molecular weight excluding hydrogens is 528 g/mol. The fourth-order valence-electron chi connectivity index (χ4n) is 7.03. The third kappa shape index (κ3) is 4.31. The molecule has 0 aromatic rings. The summed E-state index contributed by atoms with van der Waals surface area (Å²) in [5.74, 6) is 0.151. The number of methoxy groups -OCH3 is 1. The van der Waals surface area contributed by atoms with Gasteiger partial charge in [-0.05, 0) is 81.1 Å². The van der Waals surface area contributed by atoms with Gasteiger partial charge in [-0.15, -0.1) is 0 Å². The minimum absolute atomic E-state index is 0.0135. The second-order valence-electron chi connectivity index (χ2n) is 11.8. The molecular formula is C34H38N4O4. The first-order valence-electron chi connectivity index (χ1n) is 14.8. The van der Waals surface area contributed by atoms with Gasteiger partial charge in [0.1, 0.15) is 5.76 Å². The number of aliphatic hydroxyl groups excluding tert-OH is 2. The van der Waals surface area contributed by atoms with Crippen LogP contribution in [0.25, 0.3) is 0 Å². The summed E-state index contributed by atoms with van der Waals surface area (Å²) in [6.07, 6.45) is 7.46. The maximum atomic E-state index is 12.2. The van der Waals surface area contributed by atoms with Crippen molar-refractivity contribution in [2.75, 3.05) is 7.11 Å². The first-order valence-corrected chi connectivity index (χ1v) is 14.8. The van der Waals surface area contributed by atoms with E-state index in [4.69, 9.17) is 19.7 Å². The summed E-state index contributed by atoms with van der Waals surface area (Å²) in [7, 11) is 1.42. The molecule has 0 aromatic carbocycles. The fourth-order valence-corrected chi connectivity index (χ4v) is 7.03. The lowest BCUT2D eigenvalue weighted by Gasteiger charge is -2.17. The van der Waals surface area contributed by atoms with Crippen LogP contribution in [0.5, 0.6) is 0 Å². The smallest absolute Gasteiger partial charge is 0.305 e. The van der Waals surface area contributed by atoms with Crippen molar-refractivity contribution >= 4 is 23.1 Å². The van der Waals surface area contributed by atoms with Gasteiger partial charge in [0.15, 0.2) is 0 Å². The van der Waals surface area contributed by atoms with Crippen molar-refractivity contribution < 1.29 is 19.7 Å². The van der Waals surface area contributed by atoms with Crippen molar-refractivity contribution in [3.05, 3.63) is 91.5 Å². The lowest BCUT2D eigenvalue weighted by atomic mass is 9.86. The highest BCUT2D eigenvalue weighted by atomic mass is 16.5. The zero-order valence-electron chi connectivity index (χ0n) is 25.3. The summed E-state index contributed by atoms with van der Waals surface area (Å²) in [4.78, 5) is 27.3. The fraction of sp³-hybridized carbons (Fsp3) is 0.412. The molecule has 5 heterocycles. The van der Waals surface area contributed by atoms with Crippen LogP contribution in [0.15, 0.2) is 106 Å². The van der Waals surface area contributed by atoms with Crippen LogP contribution in [0.4, 0.5) is 0 Å². The van der Waals surface area contributed by atoms with Gasteiger partial charge < -0.3 is 20.3 Å². The molecule has 1 fully saturated rings. The Bertz CT molecular complexity index is 1680. The van der Waals surface area contributed by atoms with Crippen LogP contribution in [-0.2, 0) is 9.53 Å². The number of nitrogens with one attached hydrogen (secondary N) is 1. The largest absolute Gasteiger partial charge is 0.511 e. The van der Waals surface area contributed by atoms with E-state index in [1.165, 1.54) is 12.7 Å². The molecule has 3 N–H and O–H groups in total. The van der Waals surface area contributed by atoms with E-state index in [1.54, 1.807) is 6.92 Å². The Morgan fingerprint density at radius 2 is 1.79 bits per heavy atom. The van der Waals surface area contributed by atoms with Crippen molar-refractivity contribution in [3.63, 3.8) is 0 Å². The number of ether oxygens (including phenoxy) is 1. The standard InChI is InChI=1S/C34H38N4O4/c1-8-20-15(2)23-12-24-16(3)21(9-10-30(41)42-7)33(37-24)22-11-29(40)32-18(5)26(38-34(22)32)14-28-31(19(6)39)17(4)25(36-28)13-27(20)35-23/h12-14,16,19,21,37,39-40H,8-11H2,1-7H3/t16-,19?,21-/m0/s1. The van der Waals surface area contributed by atoms with Crippen LogP contribution in [-0.4, -0.2) is 46.5 Å². The molecule has 42 heavy (non-hydrogen) atoms. The maximum Gasteiger partial charge on any atom is 0.305 e. The number of aliphatic imine (C=N–C) groups is 3. The van der Waals surface area contributed by atoms with Gasteiger partial charge in [0.25, 0.3) is 0 Å². The van der Waals surface area contributed by atoms with E-state index in [1.807, 2.05) is 26.0 Å². The molecule has 6 rings (SSSR count). The Hall–Kier alpha value is -4.04. The van der Waals surface area contributed by atoms with Crippen LogP contribution in [0.3, 0.4) is 0 Å². The summed E-state index contributed by atoms with van der Waals surface area (Å²) in [6.45, 7) is 12.1. The summed E-state index contributed by atoms with van der Waals surface area (Å²) < 4.78 is 4.97.